The highest BCUT2D eigenvalue weighted by Crippen LogP contribution is 2.17. The van der Waals surface area contributed by atoms with E-state index in [0.29, 0.717) is 24.6 Å². The number of anilines is 1. The van der Waals surface area contributed by atoms with Gasteiger partial charge in [-0.3, -0.25) is 4.98 Å². The van der Waals surface area contributed by atoms with E-state index in [4.69, 9.17) is 4.74 Å². The summed E-state index contributed by atoms with van der Waals surface area (Å²) in [7, 11) is 1.72. The van der Waals surface area contributed by atoms with E-state index in [1.807, 2.05) is 36.4 Å². The monoisotopic (exact) mass is 297 g/mol. The van der Waals surface area contributed by atoms with Crippen molar-refractivity contribution in [2.75, 3.05) is 19.0 Å². The summed E-state index contributed by atoms with van der Waals surface area (Å²) in [5.74, 6) is 0.685. The Morgan fingerprint density at radius 3 is 2.95 bits per heavy atom. The maximum Gasteiger partial charge on any atom is 0.321 e. The lowest BCUT2D eigenvalue weighted by Gasteiger charge is -2.17. The molecule has 0 aliphatic heterocycles. The Hall–Kier alpha value is -2.82. The van der Waals surface area contributed by atoms with E-state index in [-0.39, 0.29) is 6.03 Å². The quantitative estimate of drug-likeness (QED) is 0.832. The Labute approximate surface area is 130 Å². The highest BCUT2D eigenvalue weighted by molar-refractivity contribution is 5.89. The zero-order valence-electron chi connectivity index (χ0n) is 12.5. The Balaban J connectivity index is 1.94. The van der Waals surface area contributed by atoms with E-state index in [0.717, 1.165) is 5.69 Å². The number of nitrogens with zero attached hydrogens (tertiary/aromatic N) is 2. The SMILES string of the molecule is C=CCOc1cccc(NC(=O)N(C)Cc2ccccn2)c1. The molecule has 2 rings (SSSR count). The molecule has 0 saturated carbocycles. The standard InChI is InChI=1S/C17H19N3O2/c1-3-11-22-16-9-6-8-14(12-16)19-17(21)20(2)13-15-7-4-5-10-18-15/h3-10,12H,1,11,13H2,2H3,(H,19,21). The molecule has 0 radical (unpaired) electrons. The zero-order chi connectivity index (χ0) is 15.8. The van der Waals surface area contributed by atoms with Gasteiger partial charge >= 0.3 is 6.03 Å². The third kappa shape index (κ3) is 4.63. The molecule has 0 saturated heterocycles. The van der Waals surface area contributed by atoms with Crippen LogP contribution in [0.1, 0.15) is 5.69 Å². The molecule has 0 unspecified atom stereocenters. The Bertz CT molecular complexity index is 629. The molecule has 0 spiro atoms. The summed E-state index contributed by atoms with van der Waals surface area (Å²) in [5.41, 5.74) is 1.52. The van der Waals surface area contributed by atoms with Crippen LogP contribution in [0, 0.1) is 0 Å². The first-order chi connectivity index (χ1) is 10.7. The van der Waals surface area contributed by atoms with Gasteiger partial charge in [-0.15, -0.1) is 0 Å². The van der Waals surface area contributed by atoms with Gasteiger partial charge in [0.05, 0.1) is 12.2 Å². The second kappa shape index (κ2) is 7.83. The Morgan fingerprint density at radius 1 is 1.36 bits per heavy atom. The minimum Gasteiger partial charge on any atom is -0.489 e. The van der Waals surface area contributed by atoms with Crippen molar-refractivity contribution in [1.82, 2.24) is 9.88 Å². The van der Waals surface area contributed by atoms with Crippen molar-refractivity contribution in [3.63, 3.8) is 0 Å². The molecule has 5 nitrogen and oxygen atoms in total. The van der Waals surface area contributed by atoms with Crippen molar-refractivity contribution in [2.45, 2.75) is 6.54 Å². The number of carbonyl (C=O) groups excluding carboxylic acids is 1. The molecular formula is C17H19N3O2. The molecule has 0 aliphatic rings. The van der Waals surface area contributed by atoms with Gasteiger partial charge in [-0.2, -0.15) is 0 Å². The molecule has 5 heteroatoms. The number of hydrogen-bond acceptors (Lipinski definition) is 3. The summed E-state index contributed by atoms with van der Waals surface area (Å²) in [5, 5.41) is 2.83. The first-order valence-corrected chi connectivity index (χ1v) is 6.95. The van der Waals surface area contributed by atoms with Crippen LogP contribution in [-0.4, -0.2) is 29.6 Å². The summed E-state index contributed by atoms with van der Waals surface area (Å²) in [4.78, 5) is 17.9. The van der Waals surface area contributed by atoms with Crippen LogP contribution < -0.4 is 10.1 Å². The third-order valence-electron chi connectivity index (χ3n) is 2.93. The fourth-order valence-corrected chi connectivity index (χ4v) is 1.84. The number of carbonyl (C=O) groups is 1. The Morgan fingerprint density at radius 2 is 2.23 bits per heavy atom. The van der Waals surface area contributed by atoms with Crippen molar-refractivity contribution < 1.29 is 9.53 Å². The maximum absolute atomic E-state index is 12.2. The van der Waals surface area contributed by atoms with Crippen LogP contribution >= 0.6 is 0 Å². The number of benzene rings is 1. The minimum atomic E-state index is -0.202. The molecule has 114 valence electrons. The van der Waals surface area contributed by atoms with Gasteiger partial charge in [0.1, 0.15) is 12.4 Å². The van der Waals surface area contributed by atoms with Crippen LogP contribution in [0.3, 0.4) is 0 Å². The lowest BCUT2D eigenvalue weighted by Crippen LogP contribution is -2.31. The maximum atomic E-state index is 12.2. The van der Waals surface area contributed by atoms with Crippen LogP contribution in [-0.2, 0) is 6.54 Å². The summed E-state index contributed by atoms with van der Waals surface area (Å²) in [6.07, 6.45) is 3.38. The Kier molecular flexibility index (Phi) is 5.54. The van der Waals surface area contributed by atoms with Crippen molar-refractivity contribution in [3.8, 4) is 5.75 Å². The average molecular weight is 297 g/mol. The molecule has 1 N–H and O–H groups in total. The number of ether oxygens (including phenoxy) is 1. The second-order valence-corrected chi connectivity index (χ2v) is 4.73. The second-order valence-electron chi connectivity index (χ2n) is 4.73. The van der Waals surface area contributed by atoms with Gasteiger partial charge in [-0.25, -0.2) is 4.79 Å². The molecule has 0 aliphatic carbocycles. The number of amides is 2. The molecule has 1 aromatic carbocycles. The van der Waals surface area contributed by atoms with Crippen molar-refractivity contribution in [3.05, 3.63) is 67.0 Å². The fourth-order valence-electron chi connectivity index (χ4n) is 1.84. The largest absolute Gasteiger partial charge is 0.489 e. The number of rotatable bonds is 6. The van der Waals surface area contributed by atoms with Crippen molar-refractivity contribution >= 4 is 11.7 Å². The van der Waals surface area contributed by atoms with E-state index in [1.165, 1.54) is 0 Å². The fraction of sp³-hybridized carbons (Fsp3) is 0.176. The zero-order valence-corrected chi connectivity index (χ0v) is 12.5. The van der Waals surface area contributed by atoms with Gasteiger partial charge in [0, 0.05) is 25.0 Å². The van der Waals surface area contributed by atoms with Gasteiger partial charge in [-0.1, -0.05) is 24.8 Å². The van der Waals surface area contributed by atoms with E-state index in [1.54, 1.807) is 30.3 Å². The van der Waals surface area contributed by atoms with Crippen LogP contribution in [0.15, 0.2) is 61.3 Å². The van der Waals surface area contributed by atoms with E-state index >= 15 is 0 Å². The summed E-state index contributed by atoms with van der Waals surface area (Å²) in [6.45, 7) is 4.47. The van der Waals surface area contributed by atoms with Gasteiger partial charge < -0.3 is 15.0 Å². The topological polar surface area (TPSA) is 54.5 Å². The number of hydrogen-bond donors (Lipinski definition) is 1. The molecule has 1 aromatic heterocycles. The highest BCUT2D eigenvalue weighted by Gasteiger charge is 2.10. The van der Waals surface area contributed by atoms with Gasteiger partial charge in [0.2, 0.25) is 0 Å². The molecule has 0 atom stereocenters. The smallest absolute Gasteiger partial charge is 0.321 e. The average Bonchev–Trinajstić information content (AvgIpc) is 2.54. The number of pyridine rings is 1. The molecular weight excluding hydrogens is 278 g/mol. The van der Waals surface area contributed by atoms with E-state index in [2.05, 4.69) is 16.9 Å². The predicted molar refractivity (Wildman–Crippen MR) is 86.9 cm³/mol. The van der Waals surface area contributed by atoms with Gasteiger partial charge in [0.15, 0.2) is 0 Å². The third-order valence-corrected chi connectivity index (χ3v) is 2.93. The molecule has 0 fully saturated rings. The lowest BCUT2D eigenvalue weighted by atomic mass is 10.3. The molecule has 2 amide bonds. The predicted octanol–water partition coefficient (Wildman–Crippen LogP) is 3.31. The molecule has 22 heavy (non-hydrogen) atoms. The number of nitrogens with one attached hydrogen (secondary N) is 1. The molecule has 0 bridgehead atoms. The van der Waals surface area contributed by atoms with Crippen LogP contribution in [0.5, 0.6) is 5.75 Å². The first kappa shape index (κ1) is 15.6. The van der Waals surface area contributed by atoms with Crippen LogP contribution in [0.4, 0.5) is 10.5 Å². The molecule has 2 aromatic rings. The lowest BCUT2D eigenvalue weighted by molar-refractivity contribution is 0.220. The van der Waals surface area contributed by atoms with Crippen molar-refractivity contribution in [1.29, 1.82) is 0 Å². The van der Waals surface area contributed by atoms with E-state index in [9.17, 15) is 4.79 Å². The normalized spacial score (nSPS) is 9.86. The first-order valence-electron chi connectivity index (χ1n) is 6.95. The van der Waals surface area contributed by atoms with Crippen LogP contribution in [0.2, 0.25) is 0 Å². The van der Waals surface area contributed by atoms with Gasteiger partial charge in [0.25, 0.3) is 0 Å². The summed E-state index contributed by atoms with van der Waals surface area (Å²) >= 11 is 0. The van der Waals surface area contributed by atoms with E-state index < -0.39 is 0 Å². The number of aromatic nitrogens is 1. The number of urea groups is 1. The van der Waals surface area contributed by atoms with Crippen molar-refractivity contribution in [2.24, 2.45) is 0 Å². The summed E-state index contributed by atoms with van der Waals surface area (Å²) in [6, 6.07) is 12.7. The minimum absolute atomic E-state index is 0.202. The molecule has 1 heterocycles. The van der Waals surface area contributed by atoms with Crippen LogP contribution in [0.25, 0.3) is 0 Å². The van der Waals surface area contributed by atoms with Gasteiger partial charge in [-0.05, 0) is 24.3 Å². The summed E-state index contributed by atoms with van der Waals surface area (Å²) < 4.78 is 5.44. The highest BCUT2D eigenvalue weighted by atomic mass is 16.5.